The van der Waals surface area contributed by atoms with Crippen LogP contribution in [0.1, 0.15) is 29.1 Å². The van der Waals surface area contributed by atoms with Gasteiger partial charge in [-0.15, -0.1) is 0 Å². The number of aromatic nitrogens is 1. The molecule has 2 atom stereocenters. The van der Waals surface area contributed by atoms with Crippen LogP contribution in [0.5, 0.6) is 0 Å². The molecule has 1 aromatic carbocycles. The van der Waals surface area contributed by atoms with E-state index in [4.69, 9.17) is 28.1 Å². The summed E-state index contributed by atoms with van der Waals surface area (Å²) in [5, 5.41) is 15.4. The van der Waals surface area contributed by atoms with Crippen LogP contribution in [0.15, 0.2) is 53.0 Å². The number of nitrogens with two attached hydrogens (primary N) is 1. The SMILES string of the molecule is CC(=O)Nc1ccc(C2=C(C#N)C(N)=NC(C(S)c3cccc(CN4CCOCC4)n3)N2)cc1. The smallest absolute Gasteiger partial charge is 0.221 e. The van der Waals surface area contributed by atoms with Crippen LogP contribution in [0, 0.1) is 11.3 Å². The summed E-state index contributed by atoms with van der Waals surface area (Å²) >= 11 is 4.81. The molecule has 176 valence electrons. The molecule has 4 rings (SSSR count). The number of rotatable bonds is 6. The van der Waals surface area contributed by atoms with E-state index in [1.54, 1.807) is 12.1 Å². The Morgan fingerprint density at radius 1 is 1.32 bits per heavy atom. The molecule has 2 aromatic rings. The van der Waals surface area contributed by atoms with Gasteiger partial charge in [0.25, 0.3) is 0 Å². The van der Waals surface area contributed by atoms with Crippen molar-refractivity contribution in [3.05, 3.63) is 65.0 Å². The second kappa shape index (κ2) is 10.7. The van der Waals surface area contributed by atoms with Gasteiger partial charge in [0.2, 0.25) is 5.91 Å². The molecule has 0 bridgehead atoms. The lowest BCUT2D eigenvalue weighted by atomic mass is 10.0. The zero-order chi connectivity index (χ0) is 24.1. The van der Waals surface area contributed by atoms with Crippen LogP contribution in [0.2, 0.25) is 0 Å². The largest absolute Gasteiger partial charge is 0.383 e. The number of pyridine rings is 1. The number of benzene rings is 1. The van der Waals surface area contributed by atoms with E-state index in [-0.39, 0.29) is 17.3 Å². The van der Waals surface area contributed by atoms with Gasteiger partial charge in [-0.1, -0.05) is 18.2 Å². The third-order valence-electron chi connectivity index (χ3n) is 5.60. The number of aliphatic imine (C=N–C) groups is 1. The van der Waals surface area contributed by atoms with Crippen LogP contribution >= 0.6 is 12.6 Å². The number of nitrogens with zero attached hydrogens (tertiary/aromatic N) is 4. The van der Waals surface area contributed by atoms with Crippen molar-refractivity contribution in [2.45, 2.75) is 24.9 Å². The Kier molecular flexibility index (Phi) is 7.47. The van der Waals surface area contributed by atoms with Crippen LogP contribution in [0.25, 0.3) is 5.70 Å². The first-order valence-electron chi connectivity index (χ1n) is 11.0. The first-order chi connectivity index (χ1) is 16.4. The number of morpholine rings is 1. The summed E-state index contributed by atoms with van der Waals surface area (Å²) < 4.78 is 5.42. The number of nitriles is 1. The van der Waals surface area contributed by atoms with Crippen molar-refractivity contribution in [3.63, 3.8) is 0 Å². The van der Waals surface area contributed by atoms with Crippen molar-refractivity contribution in [3.8, 4) is 6.07 Å². The molecule has 10 heteroatoms. The molecule has 1 saturated heterocycles. The summed E-state index contributed by atoms with van der Waals surface area (Å²) in [6, 6.07) is 15.2. The second-order valence-electron chi connectivity index (χ2n) is 8.11. The Morgan fingerprint density at radius 2 is 2.06 bits per heavy atom. The summed E-state index contributed by atoms with van der Waals surface area (Å²) in [4.78, 5) is 22.9. The molecular weight excluding hydrogens is 450 g/mol. The molecule has 2 aliphatic heterocycles. The van der Waals surface area contributed by atoms with E-state index >= 15 is 0 Å². The highest BCUT2D eigenvalue weighted by atomic mass is 32.1. The Bertz CT molecular complexity index is 1150. The number of hydrogen-bond donors (Lipinski definition) is 4. The van der Waals surface area contributed by atoms with Crippen molar-refractivity contribution in [2.75, 3.05) is 31.6 Å². The van der Waals surface area contributed by atoms with Gasteiger partial charge in [0.1, 0.15) is 23.6 Å². The fourth-order valence-electron chi connectivity index (χ4n) is 3.91. The maximum Gasteiger partial charge on any atom is 0.221 e. The van der Waals surface area contributed by atoms with Crippen molar-refractivity contribution in [1.82, 2.24) is 15.2 Å². The fraction of sp³-hybridized carbons (Fsp3) is 0.333. The predicted octanol–water partition coefficient (Wildman–Crippen LogP) is 2.06. The minimum Gasteiger partial charge on any atom is -0.383 e. The Morgan fingerprint density at radius 3 is 2.74 bits per heavy atom. The van der Waals surface area contributed by atoms with Crippen molar-refractivity contribution < 1.29 is 9.53 Å². The van der Waals surface area contributed by atoms with Gasteiger partial charge in [0, 0.05) is 32.2 Å². The lowest BCUT2D eigenvalue weighted by Gasteiger charge is -2.29. The van der Waals surface area contributed by atoms with E-state index in [1.165, 1.54) is 6.92 Å². The minimum absolute atomic E-state index is 0.149. The standard InChI is InChI=1S/C24H27N7O2S/c1-15(32)27-17-7-5-16(6-8-17)21-19(13-25)23(26)30-24(29-21)22(34)20-4-2-3-18(28-20)14-31-9-11-33-12-10-31/h2-8,22,24,29,34H,9-12,14H2,1H3,(H2,26,30)(H,27,32). The van der Waals surface area contributed by atoms with E-state index in [1.807, 2.05) is 30.3 Å². The lowest BCUT2D eigenvalue weighted by molar-refractivity contribution is -0.114. The average Bonchev–Trinajstić information content (AvgIpc) is 2.84. The maximum atomic E-state index is 11.3. The third-order valence-corrected chi connectivity index (χ3v) is 6.15. The first-order valence-corrected chi connectivity index (χ1v) is 11.5. The summed E-state index contributed by atoms with van der Waals surface area (Å²) in [7, 11) is 0. The second-order valence-corrected chi connectivity index (χ2v) is 8.67. The third kappa shape index (κ3) is 5.56. The van der Waals surface area contributed by atoms with Gasteiger partial charge in [-0.05, 0) is 29.8 Å². The topological polar surface area (TPSA) is 129 Å². The fourth-order valence-corrected chi connectivity index (χ4v) is 4.19. The van der Waals surface area contributed by atoms with E-state index in [2.05, 4.69) is 26.6 Å². The van der Waals surface area contributed by atoms with Crippen LogP contribution in [-0.2, 0) is 16.1 Å². The van der Waals surface area contributed by atoms with E-state index in [0.717, 1.165) is 49.8 Å². The highest BCUT2D eigenvalue weighted by Gasteiger charge is 2.29. The summed E-state index contributed by atoms with van der Waals surface area (Å²) in [6.45, 7) is 5.42. The normalized spacial score (nSPS) is 19.6. The van der Waals surface area contributed by atoms with Gasteiger partial charge in [0.15, 0.2) is 0 Å². The van der Waals surface area contributed by atoms with Crippen LogP contribution < -0.4 is 16.4 Å². The van der Waals surface area contributed by atoms with Gasteiger partial charge in [0.05, 0.1) is 35.5 Å². The first kappa shape index (κ1) is 23.8. The number of anilines is 1. The van der Waals surface area contributed by atoms with E-state index < -0.39 is 11.4 Å². The van der Waals surface area contributed by atoms with Gasteiger partial charge in [-0.25, -0.2) is 4.99 Å². The highest BCUT2D eigenvalue weighted by molar-refractivity contribution is 7.80. The lowest BCUT2D eigenvalue weighted by Crippen LogP contribution is -2.39. The van der Waals surface area contributed by atoms with Crippen molar-refractivity contribution >= 4 is 35.8 Å². The molecule has 1 aromatic heterocycles. The Labute approximate surface area is 204 Å². The molecule has 34 heavy (non-hydrogen) atoms. The molecule has 1 amide bonds. The minimum atomic E-state index is -0.517. The summed E-state index contributed by atoms with van der Waals surface area (Å²) in [5.41, 5.74) is 10.1. The number of amidine groups is 1. The molecule has 0 radical (unpaired) electrons. The Balaban J connectivity index is 1.54. The number of ether oxygens (including phenoxy) is 1. The van der Waals surface area contributed by atoms with Gasteiger partial charge < -0.3 is 21.1 Å². The number of hydrogen-bond acceptors (Lipinski definition) is 9. The molecule has 0 saturated carbocycles. The number of carbonyl (C=O) groups is 1. The molecule has 2 aliphatic rings. The zero-order valence-electron chi connectivity index (χ0n) is 18.9. The molecule has 2 unspecified atom stereocenters. The molecule has 9 nitrogen and oxygen atoms in total. The molecule has 0 aliphatic carbocycles. The van der Waals surface area contributed by atoms with Gasteiger partial charge in [-0.3, -0.25) is 14.7 Å². The van der Waals surface area contributed by atoms with E-state index in [0.29, 0.717) is 11.4 Å². The highest BCUT2D eigenvalue weighted by Crippen LogP contribution is 2.30. The predicted molar refractivity (Wildman–Crippen MR) is 134 cm³/mol. The summed E-state index contributed by atoms with van der Waals surface area (Å²) in [6.07, 6.45) is -0.517. The number of nitrogens with one attached hydrogen (secondary N) is 2. The quantitative estimate of drug-likeness (QED) is 0.469. The Hall–Kier alpha value is -3.39. The number of amides is 1. The molecule has 4 N–H and O–H groups in total. The van der Waals surface area contributed by atoms with Crippen LogP contribution in [-0.4, -0.2) is 54.1 Å². The number of thiol groups is 1. The van der Waals surface area contributed by atoms with Crippen molar-refractivity contribution in [2.24, 2.45) is 10.7 Å². The molecular formula is C24H27N7O2S. The van der Waals surface area contributed by atoms with Gasteiger partial charge >= 0.3 is 0 Å². The zero-order valence-corrected chi connectivity index (χ0v) is 19.8. The maximum absolute atomic E-state index is 11.3. The monoisotopic (exact) mass is 477 g/mol. The van der Waals surface area contributed by atoms with Gasteiger partial charge in [-0.2, -0.15) is 17.9 Å². The van der Waals surface area contributed by atoms with Crippen LogP contribution in [0.4, 0.5) is 5.69 Å². The van der Waals surface area contributed by atoms with E-state index in [9.17, 15) is 10.1 Å². The summed E-state index contributed by atoms with van der Waals surface area (Å²) in [5.74, 6) is -0.00566. The van der Waals surface area contributed by atoms with Crippen molar-refractivity contribution in [1.29, 1.82) is 5.26 Å². The number of carbonyl (C=O) groups excluding carboxylic acids is 1. The molecule has 0 spiro atoms. The molecule has 3 heterocycles. The average molecular weight is 478 g/mol. The van der Waals surface area contributed by atoms with Crippen LogP contribution in [0.3, 0.4) is 0 Å². The molecule has 1 fully saturated rings.